The highest BCUT2D eigenvalue weighted by Crippen LogP contribution is 2.49. The molecule has 3 aliphatic rings. The predicted molar refractivity (Wildman–Crippen MR) is 122 cm³/mol. The zero-order valence-electron chi connectivity index (χ0n) is 20.1. The first-order chi connectivity index (χ1) is 14.9. The summed E-state index contributed by atoms with van der Waals surface area (Å²) in [6, 6.07) is 0. The molecule has 31 heavy (non-hydrogen) atoms. The fraction of sp³-hybridized carbons (Fsp3) is 0.885. The van der Waals surface area contributed by atoms with Crippen LogP contribution in [0.4, 0.5) is 0 Å². The molecule has 1 spiro atoms. The molecule has 5 heteroatoms. The van der Waals surface area contributed by atoms with Gasteiger partial charge in [0.2, 0.25) is 0 Å². The molecule has 0 bridgehead atoms. The summed E-state index contributed by atoms with van der Waals surface area (Å²) in [5.41, 5.74) is 0.0227. The van der Waals surface area contributed by atoms with Crippen LogP contribution in [0.1, 0.15) is 85.5 Å². The van der Waals surface area contributed by atoms with E-state index in [9.17, 15) is 4.79 Å². The number of rotatable bonds is 11. The van der Waals surface area contributed by atoms with Gasteiger partial charge in [0, 0.05) is 24.9 Å². The van der Waals surface area contributed by atoms with Gasteiger partial charge in [-0.25, -0.2) is 0 Å². The maximum Gasteiger partial charge on any atom is 0.172 e. The first-order valence-corrected chi connectivity index (χ1v) is 12.6. The van der Waals surface area contributed by atoms with Crippen LogP contribution in [0.25, 0.3) is 0 Å². The third-order valence-corrected chi connectivity index (χ3v) is 7.52. The number of ether oxygens (including phenoxy) is 4. The summed E-state index contributed by atoms with van der Waals surface area (Å²) >= 11 is 0. The lowest BCUT2D eigenvalue weighted by atomic mass is 9.79. The number of hydrogen-bond acceptors (Lipinski definition) is 5. The third kappa shape index (κ3) is 6.19. The zero-order chi connectivity index (χ0) is 22.3. The molecule has 0 N–H and O–H groups in total. The molecule has 5 nitrogen and oxygen atoms in total. The van der Waals surface area contributed by atoms with Crippen molar-refractivity contribution in [3.8, 4) is 0 Å². The molecule has 2 heterocycles. The van der Waals surface area contributed by atoms with E-state index in [1.165, 1.54) is 19.3 Å². The number of aldehydes is 1. The molecule has 5 unspecified atom stereocenters. The molecule has 2 aliphatic heterocycles. The molecule has 1 aliphatic carbocycles. The van der Waals surface area contributed by atoms with Gasteiger partial charge in [-0.3, -0.25) is 0 Å². The van der Waals surface area contributed by atoms with Crippen molar-refractivity contribution >= 4 is 6.29 Å². The van der Waals surface area contributed by atoms with Gasteiger partial charge in [0.25, 0.3) is 0 Å². The van der Waals surface area contributed by atoms with E-state index in [4.69, 9.17) is 18.9 Å². The van der Waals surface area contributed by atoms with Crippen LogP contribution < -0.4 is 0 Å². The highest BCUT2D eigenvalue weighted by molar-refractivity contribution is 5.54. The Balaban J connectivity index is 1.75. The summed E-state index contributed by atoms with van der Waals surface area (Å²) in [4.78, 5) is 11.7. The van der Waals surface area contributed by atoms with Crippen LogP contribution in [0.2, 0.25) is 0 Å². The van der Waals surface area contributed by atoms with Crippen LogP contribution in [0.5, 0.6) is 0 Å². The van der Waals surface area contributed by atoms with Crippen molar-refractivity contribution in [2.24, 2.45) is 23.2 Å². The Morgan fingerprint density at radius 2 is 1.90 bits per heavy atom. The van der Waals surface area contributed by atoms with E-state index in [0.29, 0.717) is 13.2 Å². The number of unbranched alkanes of at least 4 members (excludes halogenated alkanes) is 2. The van der Waals surface area contributed by atoms with Gasteiger partial charge in [-0.05, 0) is 43.4 Å². The van der Waals surface area contributed by atoms with Gasteiger partial charge in [0.1, 0.15) is 6.29 Å². The number of carbonyl (C=O) groups excluding carboxylic acids is 1. The van der Waals surface area contributed by atoms with Crippen molar-refractivity contribution < 1.29 is 23.7 Å². The van der Waals surface area contributed by atoms with Crippen LogP contribution >= 0.6 is 0 Å². The second-order valence-corrected chi connectivity index (χ2v) is 10.4. The van der Waals surface area contributed by atoms with Crippen LogP contribution in [0, 0.1) is 23.2 Å². The fourth-order valence-corrected chi connectivity index (χ4v) is 5.63. The molecule has 0 amide bonds. The van der Waals surface area contributed by atoms with Crippen molar-refractivity contribution in [1.29, 1.82) is 0 Å². The third-order valence-electron chi connectivity index (χ3n) is 7.52. The van der Waals surface area contributed by atoms with E-state index in [1.807, 2.05) is 6.92 Å². The molecule has 0 radical (unpaired) electrons. The van der Waals surface area contributed by atoms with E-state index in [0.717, 1.165) is 51.4 Å². The van der Waals surface area contributed by atoms with Crippen LogP contribution in [0.15, 0.2) is 12.2 Å². The van der Waals surface area contributed by atoms with Gasteiger partial charge in [-0.1, -0.05) is 59.1 Å². The van der Waals surface area contributed by atoms with Gasteiger partial charge in [0.05, 0.1) is 19.3 Å². The molecule has 3 rings (SSSR count). The summed E-state index contributed by atoms with van der Waals surface area (Å²) in [6.07, 6.45) is 15.4. The smallest absolute Gasteiger partial charge is 0.172 e. The molecular formula is C26H44O5. The summed E-state index contributed by atoms with van der Waals surface area (Å²) in [5, 5.41) is 0. The maximum atomic E-state index is 11.7. The van der Waals surface area contributed by atoms with Crippen molar-refractivity contribution in [2.45, 2.75) is 104 Å². The Bertz CT molecular complexity index is 574. The van der Waals surface area contributed by atoms with Crippen molar-refractivity contribution in [3.63, 3.8) is 0 Å². The minimum absolute atomic E-state index is 0.0124. The molecule has 1 saturated carbocycles. The highest BCUT2D eigenvalue weighted by Gasteiger charge is 2.54. The Morgan fingerprint density at radius 3 is 2.55 bits per heavy atom. The fourth-order valence-electron chi connectivity index (χ4n) is 5.63. The monoisotopic (exact) mass is 436 g/mol. The maximum absolute atomic E-state index is 11.7. The lowest BCUT2D eigenvalue weighted by molar-refractivity contribution is -0.198. The van der Waals surface area contributed by atoms with Crippen LogP contribution in [-0.2, 0) is 23.7 Å². The van der Waals surface area contributed by atoms with E-state index in [1.54, 1.807) is 0 Å². The SMILES string of the molecule is CCCCCC(C)(C)C(/C=C/C1CCC2(OCCO2)C1C(C)C=O)OC1CCCCO1. The second-order valence-electron chi connectivity index (χ2n) is 10.4. The molecule has 0 aromatic carbocycles. The van der Waals surface area contributed by atoms with Gasteiger partial charge < -0.3 is 23.7 Å². The highest BCUT2D eigenvalue weighted by atomic mass is 16.7. The summed E-state index contributed by atoms with van der Waals surface area (Å²) < 4.78 is 24.6. The lowest BCUT2D eigenvalue weighted by Gasteiger charge is -2.37. The zero-order valence-corrected chi connectivity index (χ0v) is 20.1. The minimum Gasteiger partial charge on any atom is -0.353 e. The Labute approximate surface area is 189 Å². The summed E-state index contributed by atoms with van der Waals surface area (Å²) in [5.74, 6) is -0.384. The van der Waals surface area contributed by atoms with E-state index < -0.39 is 5.79 Å². The first-order valence-electron chi connectivity index (χ1n) is 12.6. The first kappa shape index (κ1) is 24.9. The average Bonchev–Trinajstić information content (AvgIpc) is 3.38. The minimum atomic E-state index is -0.588. The van der Waals surface area contributed by atoms with Crippen LogP contribution in [0.3, 0.4) is 0 Å². The molecule has 2 saturated heterocycles. The van der Waals surface area contributed by atoms with Crippen molar-refractivity contribution in [1.82, 2.24) is 0 Å². The molecule has 3 fully saturated rings. The van der Waals surface area contributed by atoms with Crippen LogP contribution in [-0.4, -0.2) is 44.3 Å². The molecular weight excluding hydrogens is 392 g/mol. The quantitative estimate of drug-likeness (QED) is 0.237. The van der Waals surface area contributed by atoms with E-state index >= 15 is 0 Å². The van der Waals surface area contributed by atoms with Gasteiger partial charge in [-0.2, -0.15) is 0 Å². The molecule has 178 valence electrons. The predicted octanol–water partition coefficient (Wildman–Crippen LogP) is 5.67. The Kier molecular flexibility index (Phi) is 9.15. The largest absolute Gasteiger partial charge is 0.353 e. The van der Waals surface area contributed by atoms with Crippen molar-refractivity contribution in [3.05, 3.63) is 12.2 Å². The molecule has 5 atom stereocenters. The normalized spacial score (nSPS) is 30.8. The summed E-state index contributed by atoms with van der Waals surface area (Å²) in [7, 11) is 0. The molecule has 0 aromatic rings. The average molecular weight is 437 g/mol. The van der Waals surface area contributed by atoms with E-state index in [2.05, 4.69) is 32.9 Å². The van der Waals surface area contributed by atoms with Gasteiger partial charge in [-0.15, -0.1) is 0 Å². The van der Waals surface area contributed by atoms with Gasteiger partial charge >= 0.3 is 0 Å². The summed E-state index contributed by atoms with van der Waals surface area (Å²) in [6.45, 7) is 10.9. The Hall–Kier alpha value is -0.750. The number of hydrogen-bond donors (Lipinski definition) is 0. The standard InChI is InChI=1S/C26H44O5/c1-5-6-8-14-25(3,4)22(31-23-10-7-9-16-28-23)12-11-21-13-15-26(29-17-18-30-26)24(21)20(2)19-27/h11-12,19-24H,5-10,13-18H2,1-4H3/b12-11+. The number of allylic oxidation sites excluding steroid dienone is 1. The topological polar surface area (TPSA) is 54.0 Å². The lowest BCUT2D eigenvalue weighted by Crippen LogP contribution is -2.41. The second kappa shape index (κ2) is 11.4. The number of carbonyl (C=O) groups is 1. The molecule has 0 aromatic heterocycles. The van der Waals surface area contributed by atoms with Gasteiger partial charge in [0.15, 0.2) is 12.1 Å². The Morgan fingerprint density at radius 1 is 1.13 bits per heavy atom. The van der Waals surface area contributed by atoms with E-state index in [-0.39, 0.29) is 35.6 Å². The van der Waals surface area contributed by atoms with Crippen molar-refractivity contribution in [2.75, 3.05) is 19.8 Å².